The summed E-state index contributed by atoms with van der Waals surface area (Å²) in [5.41, 5.74) is 2.66. The minimum atomic E-state index is -0.491. The predicted octanol–water partition coefficient (Wildman–Crippen LogP) is 4.36. The Kier molecular flexibility index (Phi) is 5.62. The molecule has 1 aromatic heterocycles. The molecule has 0 saturated heterocycles. The number of thioether (sulfide) groups is 1. The second kappa shape index (κ2) is 8.75. The van der Waals surface area contributed by atoms with Crippen molar-refractivity contribution in [3.05, 3.63) is 98.8 Å². The van der Waals surface area contributed by atoms with Crippen LogP contribution < -0.4 is 10.5 Å². The number of benzene rings is 3. The summed E-state index contributed by atoms with van der Waals surface area (Å²) in [6, 6.07) is 20.6. The van der Waals surface area contributed by atoms with Crippen LogP contribution in [0.4, 0.5) is 11.4 Å². The average molecular weight is 473 g/mol. The van der Waals surface area contributed by atoms with Crippen LogP contribution in [0.2, 0.25) is 0 Å². The van der Waals surface area contributed by atoms with Gasteiger partial charge in [-0.2, -0.15) is 0 Å². The van der Waals surface area contributed by atoms with Crippen molar-refractivity contribution in [3.8, 4) is 5.69 Å². The molecule has 4 aromatic rings. The highest BCUT2D eigenvalue weighted by molar-refractivity contribution is 7.99. The largest absolute Gasteiger partial charge is 0.308 e. The number of non-ortho nitro benzene ring substituents is 1. The van der Waals surface area contributed by atoms with Gasteiger partial charge in [0.05, 0.1) is 27.3 Å². The second-order valence-electron chi connectivity index (χ2n) is 8.06. The molecule has 0 bridgehead atoms. The van der Waals surface area contributed by atoms with Crippen LogP contribution in [0.5, 0.6) is 0 Å². The van der Waals surface area contributed by atoms with E-state index in [0.29, 0.717) is 21.7 Å². The first-order valence-electron chi connectivity index (χ1n) is 10.7. The fraction of sp³-hybridized carbons (Fsp3) is 0.160. The molecule has 0 aliphatic carbocycles. The quantitative estimate of drug-likeness (QED) is 0.185. The van der Waals surface area contributed by atoms with Gasteiger partial charge in [-0.1, -0.05) is 42.1 Å². The molecule has 0 N–H and O–H groups in total. The van der Waals surface area contributed by atoms with Crippen LogP contribution in [-0.2, 0) is 11.2 Å². The molecule has 8 nitrogen and oxygen atoms in total. The maximum atomic E-state index is 13.4. The number of carbonyl (C=O) groups is 1. The maximum Gasteiger partial charge on any atom is 0.269 e. The van der Waals surface area contributed by atoms with E-state index < -0.39 is 4.92 Å². The molecule has 1 atom stereocenters. The van der Waals surface area contributed by atoms with E-state index in [4.69, 9.17) is 0 Å². The van der Waals surface area contributed by atoms with Gasteiger partial charge in [-0.15, -0.1) is 0 Å². The van der Waals surface area contributed by atoms with E-state index >= 15 is 0 Å². The highest BCUT2D eigenvalue weighted by Gasteiger charge is 2.30. The molecule has 34 heavy (non-hydrogen) atoms. The number of nitro groups is 1. The fourth-order valence-electron chi connectivity index (χ4n) is 4.30. The van der Waals surface area contributed by atoms with Gasteiger partial charge < -0.3 is 4.90 Å². The number of rotatable bonds is 5. The second-order valence-corrected chi connectivity index (χ2v) is 9.00. The van der Waals surface area contributed by atoms with Gasteiger partial charge in [0.1, 0.15) is 0 Å². The summed E-state index contributed by atoms with van der Waals surface area (Å²) in [7, 11) is 0. The van der Waals surface area contributed by atoms with Gasteiger partial charge in [0, 0.05) is 23.9 Å². The van der Waals surface area contributed by atoms with Crippen molar-refractivity contribution in [2.45, 2.75) is 24.5 Å². The minimum absolute atomic E-state index is 0.0481. The lowest BCUT2D eigenvalue weighted by atomic mass is 10.1. The Morgan fingerprint density at radius 2 is 1.79 bits per heavy atom. The molecule has 5 rings (SSSR count). The smallest absolute Gasteiger partial charge is 0.269 e. The SMILES string of the molecule is CC1Cc2ccccc2N1C(=O)CSc1nc2ccccc2c(=O)n1-c1ccc([N+](=O)[O-])cc1. The Hall–Kier alpha value is -3.98. The number of fused-ring (bicyclic) bond motifs is 2. The predicted molar refractivity (Wildman–Crippen MR) is 132 cm³/mol. The number of nitrogens with zero attached hydrogens (tertiary/aromatic N) is 4. The molecular weight excluding hydrogens is 452 g/mol. The van der Waals surface area contributed by atoms with Gasteiger partial charge >= 0.3 is 0 Å². The molecule has 0 saturated carbocycles. The molecule has 3 aromatic carbocycles. The number of carbonyl (C=O) groups excluding carboxylic acids is 1. The van der Waals surface area contributed by atoms with Crippen molar-refractivity contribution in [1.29, 1.82) is 0 Å². The van der Waals surface area contributed by atoms with Crippen molar-refractivity contribution in [2.24, 2.45) is 0 Å². The Balaban J connectivity index is 1.51. The lowest BCUT2D eigenvalue weighted by molar-refractivity contribution is -0.384. The number of nitro benzene ring substituents is 1. The molecule has 9 heteroatoms. The third-order valence-corrected chi connectivity index (χ3v) is 6.79. The Morgan fingerprint density at radius 3 is 2.56 bits per heavy atom. The minimum Gasteiger partial charge on any atom is -0.308 e. The van der Waals surface area contributed by atoms with Crippen molar-refractivity contribution in [3.63, 3.8) is 0 Å². The van der Waals surface area contributed by atoms with Crippen LogP contribution in [0.15, 0.2) is 82.7 Å². The van der Waals surface area contributed by atoms with Gasteiger partial charge in [-0.25, -0.2) is 4.98 Å². The molecule has 170 valence electrons. The summed E-state index contributed by atoms with van der Waals surface area (Å²) in [6.45, 7) is 2.02. The summed E-state index contributed by atoms with van der Waals surface area (Å²) in [6.07, 6.45) is 0.800. The summed E-state index contributed by atoms with van der Waals surface area (Å²) in [4.78, 5) is 43.6. The van der Waals surface area contributed by atoms with Crippen LogP contribution >= 0.6 is 11.8 Å². The molecule has 1 amide bonds. The lowest BCUT2D eigenvalue weighted by Gasteiger charge is -2.22. The van der Waals surface area contributed by atoms with E-state index in [1.165, 1.54) is 40.6 Å². The van der Waals surface area contributed by atoms with Gasteiger partial charge in [0.2, 0.25) is 5.91 Å². The number of aromatic nitrogens is 2. The number of hydrogen-bond acceptors (Lipinski definition) is 6. The molecule has 1 unspecified atom stereocenters. The first-order valence-corrected chi connectivity index (χ1v) is 11.7. The molecule has 2 heterocycles. The Morgan fingerprint density at radius 1 is 1.09 bits per heavy atom. The van der Waals surface area contributed by atoms with Gasteiger partial charge in [-0.3, -0.25) is 24.3 Å². The third-order valence-electron chi connectivity index (χ3n) is 5.86. The van der Waals surface area contributed by atoms with Gasteiger partial charge in [0.25, 0.3) is 11.2 Å². The van der Waals surface area contributed by atoms with E-state index in [9.17, 15) is 19.7 Å². The topological polar surface area (TPSA) is 98.3 Å². The number of para-hydroxylation sites is 2. The van der Waals surface area contributed by atoms with Crippen LogP contribution in [0.3, 0.4) is 0 Å². The first-order chi connectivity index (χ1) is 16.4. The summed E-state index contributed by atoms with van der Waals surface area (Å²) in [5.74, 6) is 0.0243. The van der Waals surface area contributed by atoms with E-state index in [0.717, 1.165) is 17.7 Å². The fourth-order valence-corrected chi connectivity index (χ4v) is 5.17. The Labute approximate surface area is 199 Å². The molecule has 1 aliphatic heterocycles. The molecular formula is C25H20N4O4S. The standard InChI is InChI=1S/C25H20N4O4S/c1-16-14-17-6-2-5-9-22(17)27(16)23(30)15-34-25-26-21-8-4-3-7-20(21)24(31)28(25)18-10-12-19(13-11-18)29(32)33/h2-13,16H,14-15H2,1H3. The molecule has 0 radical (unpaired) electrons. The van der Waals surface area contributed by atoms with Gasteiger partial charge in [-0.05, 0) is 49.2 Å². The Bertz CT molecular complexity index is 1480. The van der Waals surface area contributed by atoms with Crippen molar-refractivity contribution in [1.82, 2.24) is 9.55 Å². The van der Waals surface area contributed by atoms with Crippen LogP contribution in [0.1, 0.15) is 12.5 Å². The van der Waals surface area contributed by atoms with E-state index in [1.54, 1.807) is 29.2 Å². The van der Waals surface area contributed by atoms with Crippen LogP contribution in [0.25, 0.3) is 16.6 Å². The first kappa shape index (κ1) is 21.8. The number of hydrogen-bond donors (Lipinski definition) is 0. The highest BCUT2D eigenvalue weighted by Crippen LogP contribution is 2.33. The number of anilines is 1. The highest BCUT2D eigenvalue weighted by atomic mass is 32.2. The third kappa shape index (κ3) is 3.84. The van der Waals surface area contributed by atoms with E-state index in [-0.39, 0.29) is 28.9 Å². The zero-order valence-electron chi connectivity index (χ0n) is 18.2. The molecule has 1 aliphatic rings. The monoisotopic (exact) mass is 472 g/mol. The molecule has 0 spiro atoms. The van der Waals surface area contributed by atoms with Crippen LogP contribution in [-0.4, -0.2) is 32.2 Å². The van der Waals surface area contributed by atoms with Crippen molar-refractivity contribution >= 4 is 39.9 Å². The van der Waals surface area contributed by atoms with Gasteiger partial charge in [0.15, 0.2) is 5.16 Å². The summed E-state index contributed by atoms with van der Waals surface area (Å²) < 4.78 is 1.41. The average Bonchev–Trinajstić information content (AvgIpc) is 3.18. The summed E-state index contributed by atoms with van der Waals surface area (Å²) >= 11 is 1.18. The van der Waals surface area contributed by atoms with E-state index in [2.05, 4.69) is 4.98 Å². The normalized spacial score (nSPS) is 14.9. The zero-order valence-corrected chi connectivity index (χ0v) is 19.1. The van der Waals surface area contributed by atoms with Crippen LogP contribution in [0, 0.1) is 10.1 Å². The zero-order chi connectivity index (χ0) is 23.8. The van der Waals surface area contributed by atoms with Crippen molar-refractivity contribution < 1.29 is 9.72 Å². The van der Waals surface area contributed by atoms with E-state index in [1.807, 2.05) is 31.2 Å². The number of amides is 1. The maximum absolute atomic E-state index is 13.4. The summed E-state index contributed by atoms with van der Waals surface area (Å²) in [5, 5.41) is 11.8. The van der Waals surface area contributed by atoms with Crippen molar-refractivity contribution in [2.75, 3.05) is 10.7 Å². The lowest BCUT2D eigenvalue weighted by Crippen LogP contribution is -2.37. The molecule has 0 fully saturated rings.